The Morgan fingerprint density at radius 3 is 2.52 bits per heavy atom. The minimum absolute atomic E-state index is 0.0769. The van der Waals surface area contributed by atoms with Crippen molar-refractivity contribution < 1.29 is 4.74 Å². The van der Waals surface area contributed by atoms with E-state index >= 15 is 0 Å². The molecule has 1 aromatic carbocycles. The summed E-state index contributed by atoms with van der Waals surface area (Å²) in [6.07, 6.45) is 0. The van der Waals surface area contributed by atoms with E-state index in [1.54, 1.807) is 30.9 Å². The molecule has 0 fully saturated rings. The van der Waals surface area contributed by atoms with E-state index in [0.29, 0.717) is 16.3 Å². The predicted molar refractivity (Wildman–Crippen MR) is 85.2 cm³/mol. The topological polar surface area (TPSA) is 57.2 Å². The molecule has 0 bridgehead atoms. The fourth-order valence-electron chi connectivity index (χ4n) is 2.42. The Morgan fingerprint density at radius 1 is 1.29 bits per heavy atom. The van der Waals surface area contributed by atoms with Gasteiger partial charge in [0.15, 0.2) is 0 Å². The second kappa shape index (κ2) is 5.92. The second-order valence-electron chi connectivity index (χ2n) is 5.12. The third-order valence-electron chi connectivity index (χ3n) is 3.76. The Kier molecular flexibility index (Phi) is 4.40. The van der Waals surface area contributed by atoms with Crippen LogP contribution in [0.4, 0.5) is 0 Å². The number of aryl methyl sites for hydroxylation is 2. The first-order valence-corrected chi connectivity index (χ1v) is 7.00. The van der Waals surface area contributed by atoms with Crippen LogP contribution in [0.25, 0.3) is 0 Å². The average Bonchev–Trinajstić information content (AvgIpc) is 2.44. The molecule has 0 aliphatic rings. The van der Waals surface area contributed by atoms with Crippen molar-refractivity contribution in [1.82, 2.24) is 4.57 Å². The van der Waals surface area contributed by atoms with Gasteiger partial charge in [0.2, 0.25) is 0 Å². The first-order chi connectivity index (χ1) is 9.86. The zero-order chi connectivity index (χ0) is 15.7. The quantitative estimate of drug-likeness (QED) is 0.948. The second-order valence-corrected chi connectivity index (χ2v) is 5.53. The summed E-state index contributed by atoms with van der Waals surface area (Å²) >= 11 is 6.13. The number of aromatic nitrogens is 1. The normalized spacial score (nSPS) is 12.3. The molecular formula is C16H19ClN2O2. The molecular weight excluding hydrogens is 288 g/mol. The van der Waals surface area contributed by atoms with Crippen molar-refractivity contribution in [2.24, 2.45) is 12.8 Å². The first kappa shape index (κ1) is 15.6. The van der Waals surface area contributed by atoms with Gasteiger partial charge in [-0.25, -0.2) is 0 Å². The van der Waals surface area contributed by atoms with E-state index in [1.165, 1.54) is 0 Å². The lowest BCUT2D eigenvalue weighted by atomic mass is 9.96. The van der Waals surface area contributed by atoms with Crippen molar-refractivity contribution in [2.45, 2.75) is 19.9 Å². The van der Waals surface area contributed by atoms with Crippen molar-refractivity contribution in [1.29, 1.82) is 0 Å². The Labute approximate surface area is 129 Å². The Bertz CT molecular complexity index is 738. The van der Waals surface area contributed by atoms with E-state index in [0.717, 1.165) is 16.8 Å². The smallest absolute Gasteiger partial charge is 0.255 e. The third-order valence-corrected chi connectivity index (χ3v) is 4.06. The lowest BCUT2D eigenvalue weighted by Crippen LogP contribution is -2.29. The number of nitrogens with zero attached hydrogens (tertiary/aromatic N) is 1. The number of nitrogens with two attached hydrogens (primary N) is 1. The largest absolute Gasteiger partial charge is 0.495 e. The van der Waals surface area contributed by atoms with Crippen LogP contribution in [0, 0.1) is 13.8 Å². The number of methoxy groups -OCH3 is 1. The standard InChI is InChI=1S/C16H19ClN2O2/c1-9-7-10(2)19(3)16(20)14(9)15(18)11-5-6-13(21-4)12(17)8-11/h5-8,15H,18H2,1-4H3. The van der Waals surface area contributed by atoms with E-state index in [9.17, 15) is 4.79 Å². The molecule has 0 spiro atoms. The molecule has 0 radical (unpaired) electrons. The van der Waals surface area contributed by atoms with Crippen molar-refractivity contribution >= 4 is 11.6 Å². The highest BCUT2D eigenvalue weighted by molar-refractivity contribution is 6.32. The zero-order valence-corrected chi connectivity index (χ0v) is 13.4. The van der Waals surface area contributed by atoms with Gasteiger partial charge < -0.3 is 15.0 Å². The van der Waals surface area contributed by atoms with Gasteiger partial charge in [0.25, 0.3) is 5.56 Å². The number of benzene rings is 1. The summed E-state index contributed by atoms with van der Waals surface area (Å²) in [6, 6.07) is 6.76. The third kappa shape index (κ3) is 2.82. The molecule has 112 valence electrons. The maximum atomic E-state index is 12.5. The fourth-order valence-corrected chi connectivity index (χ4v) is 2.68. The maximum absolute atomic E-state index is 12.5. The number of rotatable bonds is 3. The summed E-state index contributed by atoms with van der Waals surface area (Å²) in [4.78, 5) is 12.5. The molecule has 0 saturated carbocycles. The van der Waals surface area contributed by atoms with Crippen molar-refractivity contribution in [3.8, 4) is 5.75 Å². The van der Waals surface area contributed by atoms with Crippen LogP contribution in [-0.2, 0) is 7.05 Å². The van der Waals surface area contributed by atoms with E-state index in [2.05, 4.69) is 0 Å². The molecule has 1 unspecified atom stereocenters. The van der Waals surface area contributed by atoms with Crippen LogP contribution in [0.5, 0.6) is 5.75 Å². The van der Waals surface area contributed by atoms with Gasteiger partial charge in [-0.1, -0.05) is 17.7 Å². The fraction of sp³-hybridized carbons (Fsp3) is 0.312. The molecule has 0 amide bonds. The van der Waals surface area contributed by atoms with E-state index < -0.39 is 6.04 Å². The van der Waals surface area contributed by atoms with Crippen molar-refractivity contribution in [3.63, 3.8) is 0 Å². The van der Waals surface area contributed by atoms with Gasteiger partial charge >= 0.3 is 0 Å². The highest BCUT2D eigenvalue weighted by atomic mass is 35.5. The molecule has 5 heteroatoms. The molecule has 2 rings (SSSR count). The predicted octanol–water partition coefficient (Wildman–Crippen LogP) is 2.71. The Hall–Kier alpha value is -1.78. The van der Waals surface area contributed by atoms with Gasteiger partial charge in [-0.15, -0.1) is 0 Å². The number of hydrogen-bond acceptors (Lipinski definition) is 3. The molecule has 0 aliphatic carbocycles. The van der Waals surface area contributed by atoms with Crippen LogP contribution >= 0.6 is 11.6 Å². The SMILES string of the molecule is COc1ccc(C(N)c2c(C)cc(C)n(C)c2=O)cc1Cl. The van der Waals surface area contributed by atoms with Gasteiger partial charge in [0, 0.05) is 18.3 Å². The molecule has 0 saturated heterocycles. The highest BCUT2D eigenvalue weighted by Gasteiger charge is 2.18. The lowest BCUT2D eigenvalue weighted by Gasteiger charge is -2.18. The van der Waals surface area contributed by atoms with Crippen LogP contribution in [-0.4, -0.2) is 11.7 Å². The van der Waals surface area contributed by atoms with E-state index in [-0.39, 0.29) is 5.56 Å². The molecule has 0 aliphatic heterocycles. The number of ether oxygens (including phenoxy) is 1. The summed E-state index contributed by atoms with van der Waals surface area (Å²) < 4.78 is 6.73. The van der Waals surface area contributed by atoms with Gasteiger partial charge in [-0.3, -0.25) is 4.79 Å². The highest BCUT2D eigenvalue weighted by Crippen LogP contribution is 2.29. The molecule has 21 heavy (non-hydrogen) atoms. The van der Waals surface area contributed by atoms with E-state index in [4.69, 9.17) is 22.1 Å². The zero-order valence-electron chi connectivity index (χ0n) is 12.6. The van der Waals surface area contributed by atoms with Gasteiger partial charge in [0.1, 0.15) is 5.75 Å². The van der Waals surface area contributed by atoms with Crippen molar-refractivity contribution in [2.75, 3.05) is 7.11 Å². The van der Waals surface area contributed by atoms with Gasteiger partial charge in [0.05, 0.1) is 18.2 Å². The Morgan fingerprint density at radius 2 is 1.95 bits per heavy atom. The molecule has 2 N–H and O–H groups in total. The summed E-state index contributed by atoms with van der Waals surface area (Å²) in [5, 5.41) is 0.479. The molecule has 4 nitrogen and oxygen atoms in total. The lowest BCUT2D eigenvalue weighted by molar-refractivity contribution is 0.415. The summed E-state index contributed by atoms with van der Waals surface area (Å²) in [7, 11) is 3.30. The molecule has 1 aromatic heterocycles. The minimum Gasteiger partial charge on any atom is -0.495 e. The number of pyridine rings is 1. The summed E-state index contributed by atoms with van der Waals surface area (Å²) in [5.74, 6) is 0.584. The van der Waals surface area contributed by atoms with Crippen LogP contribution in [0.1, 0.15) is 28.4 Å². The number of halogens is 1. The first-order valence-electron chi connectivity index (χ1n) is 6.63. The van der Waals surface area contributed by atoms with Crippen LogP contribution in [0.15, 0.2) is 29.1 Å². The Balaban J connectivity index is 2.55. The van der Waals surface area contributed by atoms with Crippen LogP contribution in [0.3, 0.4) is 0 Å². The number of hydrogen-bond donors (Lipinski definition) is 1. The van der Waals surface area contributed by atoms with E-state index in [1.807, 2.05) is 26.0 Å². The van der Waals surface area contributed by atoms with Crippen LogP contribution in [0.2, 0.25) is 5.02 Å². The van der Waals surface area contributed by atoms with Crippen LogP contribution < -0.4 is 16.0 Å². The van der Waals surface area contributed by atoms with Crippen molar-refractivity contribution in [3.05, 3.63) is 62.0 Å². The molecule has 2 aromatic rings. The molecule has 1 heterocycles. The summed E-state index contributed by atoms with van der Waals surface area (Å²) in [5.41, 5.74) is 9.37. The maximum Gasteiger partial charge on any atom is 0.255 e. The van der Waals surface area contributed by atoms with Gasteiger partial charge in [-0.2, -0.15) is 0 Å². The average molecular weight is 307 g/mol. The summed E-state index contributed by atoms with van der Waals surface area (Å²) in [6.45, 7) is 3.79. The van der Waals surface area contributed by atoms with Gasteiger partial charge in [-0.05, 0) is 43.2 Å². The monoisotopic (exact) mass is 306 g/mol. The minimum atomic E-state index is -0.521. The molecule has 1 atom stereocenters.